The van der Waals surface area contributed by atoms with E-state index in [4.69, 9.17) is 14.7 Å². The molecule has 188 valence electrons. The number of carbonyl (C=O) groups excluding carboxylic acids is 1. The Labute approximate surface area is 213 Å². The standard InChI is InChI=1S/C28H38N4O2S/c1-19-18-31(26(33)34-27(2,3)4)14-15-32(19)24-22-11-13-28(17-23(22)29-25(30-24)35-5)12-10-20-8-6-7-9-21(20)16-28/h6-9,19H,10-18H2,1-5H3/t19-,28+/m0/s1. The summed E-state index contributed by atoms with van der Waals surface area (Å²) in [4.78, 5) is 26.9. The molecule has 1 amide bonds. The summed E-state index contributed by atoms with van der Waals surface area (Å²) in [5.41, 5.74) is 5.44. The highest BCUT2D eigenvalue weighted by Gasteiger charge is 2.40. The van der Waals surface area contributed by atoms with E-state index in [2.05, 4.69) is 42.3 Å². The number of piperazine rings is 1. The second-order valence-corrected chi connectivity index (χ2v) is 12.3. The lowest BCUT2D eigenvalue weighted by molar-refractivity contribution is 0.0218. The molecule has 1 aromatic heterocycles. The van der Waals surface area contributed by atoms with Gasteiger partial charge in [-0.3, -0.25) is 0 Å². The van der Waals surface area contributed by atoms with E-state index in [1.807, 2.05) is 25.7 Å². The molecule has 2 heterocycles. The summed E-state index contributed by atoms with van der Waals surface area (Å²) in [7, 11) is 0. The van der Waals surface area contributed by atoms with Gasteiger partial charge in [-0.25, -0.2) is 14.8 Å². The summed E-state index contributed by atoms with van der Waals surface area (Å²) in [6.45, 7) is 9.98. The minimum atomic E-state index is -0.480. The smallest absolute Gasteiger partial charge is 0.410 e. The minimum Gasteiger partial charge on any atom is -0.444 e. The van der Waals surface area contributed by atoms with Gasteiger partial charge in [0.05, 0.1) is 5.69 Å². The van der Waals surface area contributed by atoms with Gasteiger partial charge in [-0.1, -0.05) is 36.0 Å². The molecular formula is C28H38N4O2S. The molecule has 35 heavy (non-hydrogen) atoms. The van der Waals surface area contributed by atoms with E-state index in [1.54, 1.807) is 11.8 Å². The zero-order chi connectivity index (χ0) is 24.8. The number of rotatable bonds is 2. The summed E-state index contributed by atoms with van der Waals surface area (Å²) in [5.74, 6) is 1.08. The zero-order valence-electron chi connectivity index (χ0n) is 21.8. The van der Waals surface area contributed by atoms with E-state index in [0.717, 1.165) is 36.8 Å². The molecule has 0 radical (unpaired) electrons. The lowest BCUT2D eigenvalue weighted by atomic mass is 9.63. The van der Waals surface area contributed by atoms with Crippen molar-refractivity contribution in [2.75, 3.05) is 30.8 Å². The molecule has 1 aliphatic heterocycles. The molecule has 6 nitrogen and oxygen atoms in total. The number of nitrogens with zero attached hydrogens (tertiary/aromatic N) is 4. The number of anilines is 1. The number of benzene rings is 1. The van der Waals surface area contributed by atoms with Gasteiger partial charge in [0.25, 0.3) is 0 Å². The average Bonchev–Trinajstić information content (AvgIpc) is 2.82. The number of ether oxygens (including phenoxy) is 1. The lowest BCUT2D eigenvalue weighted by Gasteiger charge is -2.44. The highest BCUT2D eigenvalue weighted by molar-refractivity contribution is 7.98. The number of hydrogen-bond donors (Lipinski definition) is 0. The molecule has 7 heteroatoms. The van der Waals surface area contributed by atoms with Crippen molar-refractivity contribution in [3.8, 4) is 0 Å². The van der Waals surface area contributed by atoms with Crippen LogP contribution in [0.5, 0.6) is 0 Å². The minimum absolute atomic E-state index is 0.169. The molecule has 0 unspecified atom stereocenters. The first kappa shape index (κ1) is 24.4. The Kier molecular flexibility index (Phi) is 6.49. The topological polar surface area (TPSA) is 58.6 Å². The van der Waals surface area contributed by atoms with Gasteiger partial charge >= 0.3 is 6.09 Å². The fraction of sp³-hybridized carbons (Fsp3) is 0.607. The number of fused-ring (bicyclic) bond motifs is 2. The predicted octanol–water partition coefficient (Wildman–Crippen LogP) is 5.31. The Morgan fingerprint density at radius 3 is 2.54 bits per heavy atom. The maximum Gasteiger partial charge on any atom is 0.410 e. The molecule has 5 rings (SSSR count). The number of hydrogen-bond acceptors (Lipinski definition) is 6. The monoisotopic (exact) mass is 494 g/mol. The molecule has 2 aliphatic carbocycles. The van der Waals surface area contributed by atoms with E-state index in [9.17, 15) is 4.79 Å². The Balaban J connectivity index is 1.38. The molecule has 2 atom stereocenters. The normalized spacial score (nSPS) is 24.2. The van der Waals surface area contributed by atoms with Crippen molar-refractivity contribution in [1.29, 1.82) is 0 Å². The second kappa shape index (κ2) is 9.30. The van der Waals surface area contributed by atoms with Crippen LogP contribution in [-0.4, -0.2) is 58.5 Å². The van der Waals surface area contributed by atoms with Crippen LogP contribution in [0.25, 0.3) is 0 Å². The third-order valence-corrected chi connectivity index (χ3v) is 8.39. The average molecular weight is 495 g/mol. The van der Waals surface area contributed by atoms with Crippen LogP contribution < -0.4 is 4.90 Å². The fourth-order valence-corrected chi connectivity index (χ4v) is 6.43. The van der Waals surface area contributed by atoms with E-state index >= 15 is 0 Å². The Bertz CT molecular complexity index is 1110. The van der Waals surface area contributed by atoms with Crippen molar-refractivity contribution in [2.24, 2.45) is 5.41 Å². The van der Waals surface area contributed by atoms with Gasteiger partial charge in [-0.15, -0.1) is 0 Å². The van der Waals surface area contributed by atoms with Crippen LogP contribution in [0.1, 0.15) is 62.9 Å². The number of aromatic nitrogens is 2. The van der Waals surface area contributed by atoms with Crippen molar-refractivity contribution in [3.05, 3.63) is 46.6 Å². The summed E-state index contributed by atoms with van der Waals surface area (Å²) >= 11 is 1.62. The number of aryl methyl sites for hydroxylation is 1. The molecule has 2 aromatic rings. The second-order valence-electron chi connectivity index (χ2n) is 11.6. The largest absolute Gasteiger partial charge is 0.444 e. The van der Waals surface area contributed by atoms with Crippen LogP contribution in [0.4, 0.5) is 10.6 Å². The highest BCUT2D eigenvalue weighted by atomic mass is 32.2. The van der Waals surface area contributed by atoms with Crippen LogP contribution in [-0.2, 0) is 30.4 Å². The van der Waals surface area contributed by atoms with Gasteiger partial charge < -0.3 is 14.5 Å². The molecule has 1 spiro atoms. The van der Waals surface area contributed by atoms with Crippen LogP contribution >= 0.6 is 11.8 Å². The highest BCUT2D eigenvalue weighted by Crippen LogP contribution is 2.46. The molecule has 3 aliphatic rings. The van der Waals surface area contributed by atoms with Crippen molar-refractivity contribution >= 4 is 23.7 Å². The molecule has 0 N–H and O–H groups in total. The van der Waals surface area contributed by atoms with Gasteiger partial charge in [0, 0.05) is 31.2 Å². The Hall–Kier alpha value is -2.28. The number of carbonyl (C=O) groups is 1. The SMILES string of the molecule is CSc1nc2c(c(N3CCN(C(=O)OC(C)(C)C)C[C@@H]3C)n1)CC[C@@]1(CCc3ccccc3C1)C2. The molecule has 0 bridgehead atoms. The van der Waals surface area contributed by atoms with Gasteiger partial charge in [0.2, 0.25) is 0 Å². The molecule has 1 aromatic carbocycles. The van der Waals surface area contributed by atoms with Crippen LogP contribution in [0.15, 0.2) is 29.4 Å². The Morgan fingerprint density at radius 1 is 1.09 bits per heavy atom. The third kappa shape index (κ3) is 5.02. The van der Waals surface area contributed by atoms with E-state index in [-0.39, 0.29) is 12.1 Å². The quantitative estimate of drug-likeness (QED) is 0.417. The van der Waals surface area contributed by atoms with E-state index in [1.165, 1.54) is 41.6 Å². The van der Waals surface area contributed by atoms with Crippen molar-refractivity contribution < 1.29 is 9.53 Å². The maximum absolute atomic E-state index is 12.7. The first-order chi connectivity index (χ1) is 16.7. The van der Waals surface area contributed by atoms with Crippen molar-refractivity contribution in [1.82, 2.24) is 14.9 Å². The third-order valence-electron chi connectivity index (χ3n) is 7.84. The van der Waals surface area contributed by atoms with Gasteiger partial charge in [-0.2, -0.15) is 0 Å². The number of thioether (sulfide) groups is 1. The summed E-state index contributed by atoms with van der Waals surface area (Å²) < 4.78 is 5.62. The molecule has 1 fully saturated rings. The Morgan fingerprint density at radius 2 is 1.83 bits per heavy atom. The first-order valence-corrected chi connectivity index (χ1v) is 14.1. The predicted molar refractivity (Wildman–Crippen MR) is 141 cm³/mol. The van der Waals surface area contributed by atoms with Crippen LogP contribution in [0.3, 0.4) is 0 Å². The summed E-state index contributed by atoms with van der Waals surface area (Å²) in [5, 5.41) is 0.855. The lowest BCUT2D eigenvalue weighted by Crippen LogP contribution is -2.55. The molecule has 1 saturated heterocycles. The van der Waals surface area contributed by atoms with Gasteiger partial charge in [0.1, 0.15) is 11.4 Å². The van der Waals surface area contributed by atoms with Crippen molar-refractivity contribution in [3.63, 3.8) is 0 Å². The van der Waals surface area contributed by atoms with E-state index < -0.39 is 5.60 Å². The zero-order valence-corrected chi connectivity index (χ0v) is 22.6. The fourth-order valence-electron chi connectivity index (χ4n) is 6.05. The van der Waals surface area contributed by atoms with E-state index in [0.29, 0.717) is 18.5 Å². The van der Waals surface area contributed by atoms with Gasteiger partial charge in [0.15, 0.2) is 5.16 Å². The van der Waals surface area contributed by atoms with Crippen LogP contribution in [0.2, 0.25) is 0 Å². The van der Waals surface area contributed by atoms with Gasteiger partial charge in [-0.05, 0) is 89.0 Å². The summed E-state index contributed by atoms with van der Waals surface area (Å²) in [6, 6.07) is 9.13. The maximum atomic E-state index is 12.7. The van der Waals surface area contributed by atoms with Crippen LogP contribution in [0, 0.1) is 5.41 Å². The number of amides is 1. The first-order valence-electron chi connectivity index (χ1n) is 12.9. The molecule has 0 saturated carbocycles. The summed E-state index contributed by atoms with van der Waals surface area (Å²) in [6.07, 6.45) is 8.65. The van der Waals surface area contributed by atoms with Crippen molar-refractivity contribution in [2.45, 2.75) is 83.0 Å². The molecular weight excluding hydrogens is 456 g/mol.